The molecule has 38 heavy (non-hydrogen) atoms. The lowest BCUT2D eigenvalue weighted by Crippen LogP contribution is -2.20. The molecule has 5 aromatic rings. The normalized spacial score (nSPS) is 10.8. The number of thiazole rings is 2. The lowest BCUT2D eigenvalue weighted by atomic mass is 10.1. The van der Waals surface area contributed by atoms with Crippen molar-refractivity contribution in [3.05, 3.63) is 127 Å². The third-order valence-corrected chi connectivity index (χ3v) is 7.79. The van der Waals surface area contributed by atoms with E-state index in [1.165, 1.54) is 22.7 Å². The fourth-order valence-corrected chi connectivity index (χ4v) is 5.91. The van der Waals surface area contributed by atoms with Gasteiger partial charge in [0.1, 0.15) is 0 Å². The van der Waals surface area contributed by atoms with E-state index in [0.29, 0.717) is 33.2 Å². The molecule has 0 aliphatic rings. The van der Waals surface area contributed by atoms with Gasteiger partial charge < -0.3 is 0 Å². The number of nitrogens with zero attached hydrogens (tertiary/aromatic N) is 2. The van der Waals surface area contributed by atoms with Crippen molar-refractivity contribution in [3.63, 3.8) is 0 Å². The molecule has 0 saturated heterocycles. The topological polar surface area (TPSA) is 84.0 Å². The number of carbonyl (C=O) groups is 2. The Morgan fingerprint density at radius 3 is 1.53 bits per heavy atom. The molecule has 2 N–H and O–H groups in total. The van der Waals surface area contributed by atoms with Gasteiger partial charge in [0.25, 0.3) is 11.8 Å². The highest BCUT2D eigenvalue weighted by Crippen LogP contribution is 2.25. The minimum absolute atomic E-state index is 0.243. The zero-order valence-electron chi connectivity index (χ0n) is 19.8. The molecule has 0 aliphatic heterocycles. The van der Waals surface area contributed by atoms with Crippen molar-refractivity contribution < 1.29 is 9.59 Å². The second kappa shape index (κ2) is 11.9. The molecule has 3 aromatic carbocycles. The highest BCUT2D eigenvalue weighted by molar-refractivity contribution is 7.16. The van der Waals surface area contributed by atoms with Crippen molar-refractivity contribution in [3.8, 4) is 0 Å². The van der Waals surface area contributed by atoms with E-state index in [-0.39, 0.29) is 11.1 Å². The molecule has 0 atom stereocenters. The highest BCUT2D eigenvalue weighted by Gasteiger charge is 2.19. The van der Waals surface area contributed by atoms with Crippen LogP contribution < -0.4 is 10.6 Å². The zero-order valence-corrected chi connectivity index (χ0v) is 22.9. The maximum absolute atomic E-state index is 13.1. The van der Waals surface area contributed by atoms with Crippen LogP contribution in [0.4, 0.5) is 10.3 Å². The van der Waals surface area contributed by atoms with E-state index >= 15 is 0 Å². The predicted octanol–water partition coefficient (Wildman–Crippen LogP) is 7.59. The number of hydrogen-bond acceptors (Lipinski definition) is 6. The van der Waals surface area contributed by atoms with Crippen LogP contribution in [0.15, 0.2) is 85.2 Å². The summed E-state index contributed by atoms with van der Waals surface area (Å²) in [6.07, 6.45) is 4.76. The Balaban J connectivity index is 1.24. The van der Waals surface area contributed by atoms with Crippen LogP contribution in [0.3, 0.4) is 0 Å². The number of aromatic nitrogens is 2. The van der Waals surface area contributed by atoms with Gasteiger partial charge in [0.2, 0.25) is 0 Å². The minimum atomic E-state index is -0.416. The molecule has 2 heterocycles. The zero-order chi connectivity index (χ0) is 26.5. The first-order valence-electron chi connectivity index (χ1n) is 11.5. The van der Waals surface area contributed by atoms with Crippen LogP contribution in [0.5, 0.6) is 0 Å². The van der Waals surface area contributed by atoms with Crippen molar-refractivity contribution in [2.75, 3.05) is 10.6 Å². The standard InChI is InChI=1S/C28H20Cl2N4O2S2/c29-19-7-3-5-17(11-19)13-21-15-31-27(37-21)33-25(35)23-9-1-2-10-24(23)26(36)34-28-32-16-22(38-28)14-18-6-4-8-20(30)12-18/h1-12,15-16H,13-14H2,(H,31,33,35)(H,32,34,36). The van der Waals surface area contributed by atoms with Crippen molar-refractivity contribution in [2.45, 2.75) is 12.8 Å². The Labute approximate surface area is 237 Å². The van der Waals surface area contributed by atoms with Gasteiger partial charge in [-0.2, -0.15) is 0 Å². The van der Waals surface area contributed by atoms with Gasteiger partial charge in [-0.3, -0.25) is 20.2 Å². The van der Waals surface area contributed by atoms with E-state index in [1.54, 1.807) is 36.7 Å². The summed E-state index contributed by atoms with van der Waals surface area (Å²) in [4.78, 5) is 36.7. The molecular weight excluding hydrogens is 559 g/mol. The molecule has 2 amide bonds. The minimum Gasteiger partial charge on any atom is -0.298 e. The summed E-state index contributed by atoms with van der Waals surface area (Å²) >= 11 is 14.9. The summed E-state index contributed by atoms with van der Waals surface area (Å²) in [6, 6.07) is 21.9. The first-order valence-corrected chi connectivity index (χ1v) is 13.9. The van der Waals surface area contributed by atoms with E-state index < -0.39 is 11.8 Å². The highest BCUT2D eigenvalue weighted by atomic mass is 35.5. The Bertz CT molecular complexity index is 1500. The fraction of sp³-hybridized carbons (Fsp3) is 0.0714. The Morgan fingerprint density at radius 2 is 1.11 bits per heavy atom. The molecule has 0 aliphatic carbocycles. The van der Waals surface area contributed by atoms with Gasteiger partial charge in [-0.05, 0) is 47.5 Å². The number of nitrogens with one attached hydrogen (secondary N) is 2. The number of hydrogen-bond donors (Lipinski definition) is 2. The van der Waals surface area contributed by atoms with Crippen molar-refractivity contribution >= 4 is 68.0 Å². The third kappa shape index (κ3) is 6.65. The van der Waals surface area contributed by atoms with E-state index in [0.717, 1.165) is 20.9 Å². The van der Waals surface area contributed by atoms with Crippen LogP contribution in [-0.4, -0.2) is 21.8 Å². The van der Waals surface area contributed by atoms with E-state index in [2.05, 4.69) is 20.6 Å². The van der Waals surface area contributed by atoms with Crippen molar-refractivity contribution in [2.24, 2.45) is 0 Å². The number of anilines is 2. The molecule has 0 spiro atoms. The number of amides is 2. The van der Waals surface area contributed by atoms with Crippen LogP contribution in [0.2, 0.25) is 10.0 Å². The first-order chi connectivity index (χ1) is 18.4. The lowest BCUT2D eigenvalue weighted by Gasteiger charge is -2.08. The monoisotopic (exact) mass is 578 g/mol. The van der Waals surface area contributed by atoms with Crippen LogP contribution in [0, 0.1) is 0 Å². The quantitative estimate of drug-likeness (QED) is 0.198. The van der Waals surface area contributed by atoms with Crippen LogP contribution in [0.25, 0.3) is 0 Å². The van der Waals surface area contributed by atoms with Crippen LogP contribution in [0.1, 0.15) is 41.6 Å². The SMILES string of the molecule is O=C(Nc1ncc(Cc2cccc(Cl)c2)s1)c1ccccc1C(=O)Nc1ncc(Cc2cccc(Cl)c2)s1. The summed E-state index contributed by atoms with van der Waals surface area (Å²) < 4.78 is 0. The third-order valence-electron chi connectivity index (χ3n) is 5.50. The molecular formula is C28H20Cl2N4O2S2. The van der Waals surface area contributed by atoms with Gasteiger partial charge >= 0.3 is 0 Å². The number of carbonyl (C=O) groups excluding carboxylic acids is 2. The molecule has 190 valence electrons. The van der Waals surface area contributed by atoms with E-state index in [4.69, 9.17) is 23.2 Å². The predicted molar refractivity (Wildman–Crippen MR) is 155 cm³/mol. The average molecular weight is 580 g/mol. The summed E-state index contributed by atoms with van der Waals surface area (Å²) in [7, 11) is 0. The molecule has 0 bridgehead atoms. The molecule has 10 heteroatoms. The molecule has 0 saturated carbocycles. The van der Waals surface area contributed by atoms with Gasteiger partial charge in [-0.1, -0.05) is 59.6 Å². The van der Waals surface area contributed by atoms with Gasteiger partial charge in [0.05, 0.1) is 11.1 Å². The average Bonchev–Trinajstić information content (AvgIpc) is 3.53. The lowest BCUT2D eigenvalue weighted by molar-refractivity contribution is 0.0990. The van der Waals surface area contributed by atoms with Gasteiger partial charge in [-0.15, -0.1) is 22.7 Å². The largest absolute Gasteiger partial charge is 0.298 e. The maximum atomic E-state index is 13.1. The van der Waals surface area contributed by atoms with Gasteiger partial charge in [-0.25, -0.2) is 9.97 Å². The van der Waals surface area contributed by atoms with Crippen molar-refractivity contribution in [1.82, 2.24) is 9.97 Å². The summed E-state index contributed by atoms with van der Waals surface area (Å²) in [6.45, 7) is 0. The second-order valence-corrected chi connectivity index (χ2v) is 11.4. The van der Waals surface area contributed by atoms with E-state index in [9.17, 15) is 9.59 Å². The van der Waals surface area contributed by atoms with E-state index in [1.807, 2.05) is 48.5 Å². The molecule has 0 unspecified atom stereocenters. The summed E-state index contributed by atoms with van der Waals surface area (Å²) in [5, 5.41) is 7.87. The van der Waals surface area contributed by atoms with Crippen LogP contribution >= 0.6 is 45.9 Å². The number of halogens is 2. The van der Waals surface area contributed by atoms with Crippen molar-refractivity contribution in [1.29, 1.82) is 0 Å². The Morgan fingerprint density at radius 1 is 0.658 bits per heavy atom. The maximum Gasteiger partial charge on any atom is 0.258 e. The second-order valence-electron chi connectivity index (χ2n) is 8.33. The molecule has 0 radical (unpaired) electrons. The number of benzene rings is 3. The van der Waals surface area contributed by atoms with Gasteiger partial charge in [0, 0.05) is 45.0 Å². The summed E-state index contributed by atoms with van der Waals surface area (Å²) in [5.74, 6) is -0.833. The first kappa shape index (κ1) is 26.1. The Kier molecular flexibility index (Phi) is 8.14. The van der Waals surface area contributed by atoms with Gasteiger partial charge in [0.15, 0.2) is 10.3 Å². The Hall–Kier alpha value is -3.56. The summed E-state index contributed by atoms with van der Waals surface area (Å²) in [5.41, 5.74) is 2.59. The smallest absolute Gasteiger partial charge is 0.258 e. The van der Waals surface area contributed by atoms with Crippen LogP contribution in [-0.2, 0) is 12.8 Å². The molecule has 5 rings (SSSR count). The fourth-order valence-electron chi connectivity index (χ4n) is 3.80. The molecule has 2 aromatic heterocycles. The number of rotatable bonds is 8. The molecule has 0 fully saturated rings. The molecule has 6 nitrogen and oxygen atoms in total.